The molecule has 1 aromatic heterocycles. The molecule has 0 unspecified atom stereocenters. The Hall–Kier alpha value is -2.96. The normalized spacial score (nSPS) is 16.1. The van der Waals surface area contributed by atoms with Gasteiger partial charge in [0.2, 0.25) is 0 Å². The van der Waals surface area contributed by atoms with E-state index in [2.05, 4.69) is 10.2 Å². The van der Waals surface area contributed by atoms with Crippen LogP contribution in [0.5, 0.6) is 0 Å². The van der Waals surface area contributed by atoms with Crippen molar-refractivity contribution in [2.24, 2.45) is 4.99 Å². The Morgan fingerprint density at radius 1 is 1.04 bits per heavy atom. The van der Waals surface area contributed by atoms with Crippen molar-refractivity contribution in [1.82, 2.24) is 10.2 Å². The number of benzene rings is 2. The third kappa shape index (κ3) is 3.03. The molecule has 2 N–H and O–H groups in total. The Morgan fingerprint density at radius 3 is 2.52 bits per heavy atom. The fourth-order valence-electron chi connectivity index (χ4n) is 3.45. The maximum atomic E-state index is 13.1. The van der Waals surface area contributed by atoms with Crippen LogP contribution in [0.2, 0.25) is 0 Å². The van der Waals surface area contributed by atoms with Crippen molar-refractivity contribution < 1.29 is 13.2 Å². The van der Waals surface area contributed by atoms with E-state index >= 15 is 0 Å². The van der Waals surface area contributed by atoms with Gasteiger partial charge in [0.15, 0.2) is 0 Å². The van der Waals surface area contributed by atoms with E-state index in [4.69, 9.17) is 10.7 Å². The minimum absolute atomic E-state index is 0.391. The smallest absolute Gasteiger partial charge is 0.396 e. The van der Waals surface area contributed by atoms with Gasteiger partial charge in [0.05, 0.1) is 28.0 Å². The number of alkyl halides is 3. The summed E-state index contributed by atoms with van der Waals surface area (Å²) in [4.78, 5) is 4.74. The molecule has 4 nitrogen and oxygen atoms in total. The highest BCUT2D eigenvalue weighted by atomic mass is 19.4. The summed E-state index contributed by atoms with van der Waals surface area (Å²) in [6.07, 6.45) is -3.99. The third-order valence-electron chi connectivity index (χ3n) is 4.66. The maximum absolute atomic E-state index is 13.1. The predicted molar refractivity (Wildman–Crippen MR) is 98.8 cm³/mol. The molecule has 0 fully saturated rings. The van der Waals surface area contributed by atoms with Crippen LogP contribution in [-0.2, 0) is 12.6 Å². The molecule has 1 aliphatic rings. The number of fused-ring (bicyclic) bond motifs is 2. The standard InChI is InChI=1S/C20H17F3N4/c1-19(2)10-11-9-12(20(21,22)23)7-8-13(11)17(25-19)18-16(24)14-5-3-4-6-15(14)26-27-18/h3-9H,10H2,1-2H3,(H2,24,26). The van der Waals surface area contributed by atoms with Crippen molar-refractivity contribution in [2.45, 2.75) is 32.0 Å². The molecular weight excluding hydrogens is 353 g/mol. The molecule has 0 bridgehead atoms. The van der Waals surface area contributed by atoms with Crippen molar-refractivity contribution >= 4 is 22.3 Å². The number of nitrogens with zero attached hydrogens (tertiary/aromatic N) is 3. The van der Waals surface area contributed by atoms with Gasteiger partial charge in [-0.3, -0.25) is 4.99 Å². The molecular formula is C20H17F3N4. The summed E-state index contributed by atoms with van der Waals surface area (Å²) < 4.78 is 39.4. The lowest BCUT2D eigenvalue weighted by Gasteiger charge is -2.29. The summed E-state index contributed by atoms with van der Waals surface area (Å²) in [6.45, 7) is 3.75. The lowest BCUT2D eigenvalue weighted by atomic mass is 9.84. The van der Waals surface area contributed by atoms with Crippen LogP contribution in [0.1, 0.15) is 36.2 Å². The van der Waals surface area contributed by atoms with E-state index in [1.54, 1.807) is 6.07 Å². The molecule has 0 saturated heterocycles. The van der Waals surface area contributed by atoms with Crippen LogP contribution in [0.4, 0.5) is 18.9 Å². The second-order valence-electron chi connectivity index (χ2n) is 7.30. The van der Waals surface area contributed by atoms with Gasteiger partial charge in [-0.2, -0.15) is 13.2 Å². The number of anilines is 1. The Bertz CT molecular complexity index is 1080. The first-order valence-corrected chi connectivity index (χ1v) is 8.47. The topological polar surface area (TPSA) is 64.2 Å². The van der Waals surface area contributed by atoms with Crippen molar-refractivity contribution in [3.05, 3.63) is 64.8 Å². The van der Waals surface area contributed by atoms with E-state index in [0.717, 1.165) is 11.5 Å². The SMILES string of the molecule is CC1(C)Cc2cc(C(F)(F)F)ccc2C(c2nnc3ccccc3c2N)=N1. The van der Waals surface area contributed by atoms with E-state index in [0.29, 0.717) is 40.2 Å². The molecule has 0 spiro atoms. The van der Waals surface area contributed by atoms with E-state index in [1.165, 1.54) is 12.1 Å². The monoisotopic (exact) mass is 370 g/mol. The van der Waals surface area contributed by atoms with Gasteiger partial charge in [-0.05, 0) is 44.0 Å². The first-order chi connectivity index (χ1) is 12.7. The predicted octanol–water partition coefficient (Wildman–Crippen LogP) is 4.40. The lowest BCUT2D eigenvalue weighted by Crippen LogP contribution is -2.30. The average Bonchev–Trinajstić information content (AvgIpc) is 2.59. The quantitative estimate of drug-likeness (QED) is 0.690. The average molecular weight is 370 g/mol. The molecule has 0 saturated carbocycles. The number of nitrogens with two attached hydrogens (primary N) is 1. The molecule has 1 aliphatic heterocycles. The van der Waals surface area contributed by atoms with Crippen molar-refractivity contribution in [1.29, 1.82) is 0 Å². The van der Waals surface area contributed by atoms with Crippen LogP contribution in [-0.4, -0.2) is 21.4 Å². The number of hydrogen-bond acceptors (Lipinski definition) is 4. The highest BCUT2D eigenvalue weighted by Crippen LogP contribution is 2.36. The summed E-state index contributed by atoms with van der Waals surface area (Å²) >= 11 is 0. The zero-order valence-electron chi connectivity index (χ0n) is 14.8. The molecule has 0 amide bonds. The fourth-order valence-corrected chi connectivity index (χ4v) is 3.45. The van der Waals surface area contributed by atoms with Crippen LogP contribution in [0.25, 0.3) is 10.9 Å². The number of hydrogen-bond donors (Lipinski definition) is 1. The molecule has 2 aromatic carbocycles. The van der Waals surface area contributed by atoms with Crippen LogP contribution in [0, 0.1) is 0 Å². The number of halogens is 3. The van der Waals surface area contributed by atoms with Gasteiger partial charge in [0.25, 0.3) is 0 Å². The van der Waals surface area contributed by atoms with Crippen LogP contribution in [0.3, 0.4) is 0 Å². The van der Waals surface area contributed by atoms with Gasteiger partial charge in [-0.15, -0.1) is 10.2 Å². The van der Waals surface area contributed by atoms with Gasteiger partial charge >= 0.3 is 6.18 Å². The second kappa shape index (κ2) is 5.77. The van der Waals surface area contributed by atoms with Crippen LogP contribution >= 0.6 is 0 Å². The first kappa shape index (κ1) is 17.5. The van der Waals surface area contributed by atoms with Gasteiger partial charge in [0, 0.05) is 10.9 Å². The minimum atomic E-state index is -4.39. The summed E-state index contributed by atoms with van der Waals surface area (Å²) in [5, 5.41) is 9.18. The first-order valence-electron chi connectivity index (χ1n) is 8.47. The zero-order valence-corrected chi connectivity index (χ0v) is 14.8. The summed E-state index contributed by atoms with van der Waals surface area (Å²) in [7, 11) is 0. The van der Waals surface area contributed by atoms with Crippen LogP contribution in [0.15, 0.2) is 47.5 Å². The Morgan fingerprint density at radius 2 is 1.78 bits per heavy atom. The van der Waals surface area contributed by atoms with Crippen LogP contribution < -0.4 is 5.73 Å². The maximum Gasteiger partial charge on any atom is 0.416 e. The molecule has 0 aliphatic carbocycles. The largest absolute Gasteiger partial charge is 0.416 e. The van der Waals surface area contributed by atoms with Crippen molar-refractivity contribution in [2.75, 3.05) is 5.73 Å². The molecule has 3 aromatic rings. The Balaban J connectivity index is 1.94. The van der Waals surface area contributed by atoms with E-state index in [9.17, 15) is 13.2 Å². The second-order valence-corrected chi connectivity index (χ2v) is 7.30. The van der Waals surface area contributed by atoms with Gasteiger partial charge < -0.3 is 5.73 Å². The number of aromatic nitrogens is 2. The number of aliphatic imine (C=N–C) groups is 1. The van der Waals surface area contributed by atoms with Gasteiger partial charge in [0.1, 0.15) is 5.69 Å². The molecule has 4 rings (SSSR count). The molecule has 0 radical (unpaired) electrons. The summed E-state index contributed by atoms with van der Waals surface area (Å²) in [6, 6.07) is 11.0. The minimum Gasteiger partial charge on any atom is -0.396 e. The number of nitrogen functional groups attached to an aromatic ring is 1. The fraction of sp³-hybridized carbons (Fsp3) is 0.250. The highest BCUT2D eigenvalue weighted by molar-refractivity contribution is 6.18. The summed E-state index contributed by atoms with van der Waals surface area (Å²) in [5.41, 5.74) is 8.21. The molecule has 0 atom stereocenters. The van der Waals surface area contributed by atoms with Gasteiger partial charge in [-0.25, -0.2) is 0 Å². The molecule has 27 heavy (non-hydrogen) atoms. The third-order valence-corrected chi connectivity index (χ3v) is 4.66. The Kier molecular flexibility index (Phi) is 3.73. The number of rotatable bonds is 1. The molecule has 7 heteroatoms. The Labute approximate surface area is 153 Å². The van der Waals surface area contributed by atoms with Crippen molar-refractivity contribution in [3.63, 3.8) is 0 Å². The van der Waals surface area contributed by atoms with Crippen molar-refractivity contribution in [3.8, 4) is 0 Å². The zero-order chi connectivity index (χ0) is 19.4. The molecule has 138 valence electrons. The summed E-state index contributed by atoms with van der Waals surface area (Å²) in [5.74, 6) is 0. The van der Waals surface area contributed by atoms with Gasteiger partial charge in [-0.1, -0.05) is 24.3 Å². The van der Waals surface area contributed by atoms with E-state index < -0.39 is 17.3 Å². The lowest BCUT2D eigenvalue weighted by molar-refractivity contribution is -0.137. The molecule has 2 heterocycles. The highest BCUT2D eigenvalue weighted by Gasteiger charge is 2.34. The van der Waals surface area contributed by atoms with E-state index in [1.807, 2.05) is 32.0 Å². The van der Waals surface area contributed by atoms with E-state index in [-0.39, 0.29) is 0 Å².